The third-order valence-electron chi connectivity index (χ3n) is 2.42. The molecule has 1 unspecified atom stereocenters. The van der Waals surface area contributed by atoms with E-state index in [1.54, 1.807) is 0 Å². The van der Waals surface area contributed by atoms with Gasteiger partial charge in [0.05, 0.1) is 10.9 Å². The molecule has 1 rings (SSSR count). The van der Waals surface area contributed by atoms with Crippen molar-refractivity contribution in [1.82, 2.24) is 0 Å². The molecule has 1 atom stereocenters. The normalized spacial score (nSPS) is 13.0. The molecule has 0 saturated heterocycles. The number of nitrogens with two attached hydrogens (primary N) is 2. The summed E-state index contributed by atoms with van der Waals surface area (Å²) in [5.74, 6) is -0.361. The van der Waals surface area contributed by atoms with Gasteiger partial charge in [0.1, 0.15) is 0 Å². The number of benzene rings is 1. The van der Waals surface area contributed by atoms with Crippen molar-refractivity contribution in [3.05, 3.63) is 24.3 Å². The van der Waals surface area contributed by atoms with Gasteiger partial charge in [0.15, 0.2) is 0 Å². The number of primary sulfonamides is 1. The van der Waals surface area contributed by atoms with Crippen molar-refractivity contribution in [2.24, 2.45) is 10.9 Å². The van der Waals surface area contributed by atoms with Gasteiger partial charge in [0, 0.05) is 19.4 Å². The van der Waals surface area contributed by atoms with Crippen LogP contribution in [0.4, 0.5) is 5.69 Å². The largest absolute Gasteiger partial charge is 0.385 e. The van der Waals surface area contributed by atoms with Crippen molar-refractivity contribution >= 4 is 21.6 Å². The van der Waals surface area contributed by atoms with E-state index in [2.05, 4.69) is 5.32 Å². The molecule has 0 aliphatic heterocycles. The van der Waals surface area contributed by atoms with Crippen LogP contribution < -0.4 is 16.2 Å². The van der Waals surface area contributed by atoms with Crippen LogP contribution in [0.25, 0.3) is 0 Å². The van der Waals surface area contributed by atoms with E-state index in [-0.39, 0.29) is 10.8 Å². The summed E-state index contributed by atoms with van der Waals surface area (Å²) < 4.78 is 26.9. The number of rotatable bonds is 6. The molecule has 7 nitrogen and oxygen atoms in total. The topological polar surface area (TPSA) is 125 Å². The number of methoxy groups -OCH3 is 1. The molecule has 106 valence electrons. The average Bonchev–Trinajstić information content (AvgIpc) is 2.35. The summed E-state index contributed by atoms with van der Waals surface area (Å²) in [4.78, 5) is 11.6. The minimum Gasteiger partial charge on any atom is -0.385 e. The molecule has 0 aromatic heterocycles. The van der Waals surface area contributed by atoms with Gasteiger partial charge in [-0.15, -0.1) is 0 Å². The van der Waals surface area contributed by atoms with Crippen molar-refractivity contribution < 1.29 is 17.9 Å². The molecule has 8 heteroatoms. The number of carbonyl (C=O) groups excluding carboxylic acids is 1. The molecule has 1 aromatic carbocycles. The highest BCUT2D eigenvalue weighted by atomic mass is 32.2. The van der Waals surface area contributed by atoms with Gasteiger partial charge in [-0.1, -0.05) is 0 Å². The van der Waals surface area contributed by atoms with Crippen molar-refractivity contribution in [2.75, 3.05) is 19.0 Å². The Morgan fingerprint density at radius 1 is 1.37 bits per heavy atom. The molecule has 1 aromatic rings. The van der Waals surface area contributed by atoms with Crippen LogP contribution in [0.3, 0.4) is 0 Å². The predicted octanol–water partition coefficient (Wildman–Crippen LogP) is -0.364. The van der Waals surface area contributed by atoms with Gasteiger partial charge in [-0.3, -0.25) is 4.79 Å². The van der Waals surface area contributed by atoms with Gasteiger partial charge >= 0.3 is 0 Å². The van der Waals surface area contributed by atoms with Crippen molar-refractivity contribution in [1.29, 1.82) is 0 Å². The van der Waals surface area contributed by atoms with Crippen LogP contribution in [0.15, 0.2) is 29.2 Å². The van der Waals surface area contributed by atoms with Gasteiger partial charge < -0.3 is 15.8 Å². The first kappa shape index (κ1) is 15.6. The fraction of sp³-hybridized carbons (Fsp3) is 0.364. The molecule has 1 amide bonds. The summed E-state index contributed by atoms with van der Waals surface area (Å²) in [6.45, 7) is 0.388. The third kappa shape index (κ3) is 4.95. The number of sulfonamides is 1. The predicted molar refractivity (Wildman–Crippen MR) is 70.9 cm³/mol. The maximum absolute atomic E-state index is 11.7. The molecular formula is C11H17N3O4S. The Bertz CT molecular complexity index is 527. The fourth-order valence-corrected chi connectivity index (χ4v) is 1.85. The van der Waals surface area contributed by atoms with Crippen molar-refractivity contribution in [3.63, 3.8) is 0 Å². The van der Waals surface area contributed by atoms with E-state index >= 15 is 0 Å². The fourth-order valence-electron chi connectivity index (χ4n) is 1.34. The number of anilines is 1. The Balaban J connectivity index is 2.65. The lowest BCUT2D eigenvalue weighted by molar-refractivity contribution is -0.117. The number of carbonyl (C=O) groups is 1. The quantitative estimate of drug-likeness (QED) is 0.658. The van der Waals surface area contributed by atoms with E-state index in [9.17, 15) is 13.2 Å². The van der Waals surface area contributed by atoms with Crippen molar-refractivity contribution in [2.45, 2.75) is 17.4 Å². The Morgan fingerprint density at radius 2 is 1.95 bits per heavy atom. The first-order chi connectivity index (χ1) is 8.84. The summed E-state index contributed by atoms with van der Waals surface area (Å²) in [7, 11) is -2.21. The minimum absolute atomic E-state index is 0.0193. The molecule has 0 aliphatic rings. The van der Waals surface area contributed by atoms with Crippen LogP contribution in [0, 0.1) is 0 Å². The third-order valence-corrected chi connectivity index (χ3v) is 3.35. The zero-order valence-corrected chi connectivity index (χ0v) is 11.3. The molecule has 0 heterocycles. The van der Waals surface area contributed by atoms with E-state index < -0.39 is 16.1 Å². The molecule has 5 N–H and O–H groups in total. The molecule has 0 bridgehead atoms. The molecule has 0 fully saturated rings. The number of hydrogen-bond donors (Lipinski definition) is 3. The van der Waals surface area contributed by atoms with Gasteiger partial charge in [-0.2, -0.15) is 0 Å². The molecule has 0 spiro atoms. The van der Waals surface area contributed by atoms with E-state index in [0.29, 0.717) is 18.7 Å². The van der Waals surface area contributed by atoms with Crippen LogP contribution in [-0.2, 0) is 19.6 Å². The van der Waals surface area contributed by atoms with E-state index in [4.69, 9.17) is 15.6 Å². The van der Waals surface area contributed by atoms with Crippen LogP contribution in [-0.4, -0.2) is 34.1 Å². The Hall–Kier alpha value is -1.48. The van der Waals surface area contributed by atoms with Gasteiger partial charge in [-0.05, 0) is 30.7 Å². The van der Waals surface area contributed by atoms with Gasteiger partial charge in [-0.25, -0.2) is 13.6 Å². The lowest BCUT2D eigenvalue weighted by Gasteiger charge is -2.11. The number of amides is 1. The Kier molecular flexibility index (Phi) is 5.43. The molecule has 0 radical (unpaired) electrons. The zero-order valence-electron chi connectivity index (χ0n) is 10.5. The highest BCUT2D eigenvalue weighted by Gasteiger charge is 2.13. The maximum Gasteiger partial charge on any atom is 0.241 e. The Labute approximate surface area is 112 Å². The van der Waals surface area contributed by atoms with Crippen molar-refractivity contribution in [3.8, 4) is 0 Å². The minimum atomic E-state index is -3.73. The summed E-state index contributed by atoms with van der Waals surface area (Å²) in [5, 5.41) is 7.54. The standard InChI is InChI=1S/C11H17N3O4S/c1-18-7-6-10(12)11(15)14-8-2-4-9(5-3-8)19(13,16)17/h2-5,10H,6-7,12H2,1H3,(H,14,15)(H2,13,16,17). The van der Waals surface area contributed by atoms with Crippen LogP contribution in [0.2, 0.25) is 0 Å². The second-order valence-electron chi connectivity index (χ2n) is 3.95. The summed E-state index contributed by atoms with van der Waals surface area (Å²) in [6.07, 6.45) is 0.400. The Morgan fingerprint density at radius 3 is 2.42 bits per heavy atom. The SMILES string of the molecule is COCCC(N)C(=O)Nc1ccc(S(N)(=O)=O)cc1. The van der Waals surface area contributed by atoms with E-state index in [1.807, 2.05) is 0 Å². The number of ether oxygens (including phenoxy) is 1. The van der Waals surface area contributed by atoms with Crippen LogP contribution >= 0.6 is 0 Å². The second-order valence-corrected chi connectivity index (χ2v) is 5.51. The first-order valence-corrected chi connectivity index (χ1v) is 7.07. The van der Waals surface area contributed by atoms with Crippen LogP contribution in [0.1, 0.15) is 6.42 Å². The summed E-state index contributed by atoms with van der Waals surface area (Å²) in [6, 6.07) is 4.83. The lowest BCUT2D eigenvalue weighted by atomic mass is 10.2. The van der Waals surface area contributed by atoms with Gasteiger partial charge in [0.2, 0.25) is 15.9 Å². The smallest absolute Gasteiger partial charge is 0.241 e. The second kappa shape index (κ2) is 6.62. The van der Waals surface area contributed by atoms with E-state index in [1.165, 1.54) is 31.4 Å². The summed E-state index contributed by atoms with van der Waals surface area (Å²) in [5.41, 5.74) is 6.09. The molecule has 19 heavy (non-hydrogen) atoms. The molecular weight excluding hydrogens is 270 g/mol. The average molecular weight is 287 g/mol. The maximum atomic E-state index is 11.7. The zero-order chi connectivity index (χ0) is 14.5. The molecule has 0 aliphatic carbocycles. The lowest BCUT2D eigenvalue weighted by Crippen LogP contribution is -2.36. The van der Waals surface area contributed by atoms with Gasteiger partial charge in [0.25, 0.3) is 0 Å². The van der Waals surface area contributed by atoms with E-state index in [0.717, 1.165) is 0 Å². The highest BCUT2D eigenvalue weighted by Crippen LogP contribution is 2.13. The highest BCUT2D eigenvalue weighted by molar-refractivity contribution is 7.89. The number of nitrogens with one attached hydrogen (secondary N) is 1. The summed E-state index contributed by atoms with van der Waals surface area (Å²) >= 11 is 0. The number of hydrogen-bond acceptors (Lipinski definition) is 5. The van der Waals surface area contributed by atoms with Crippen LogP contribution in [0.5, 0.6) is 0 Å². The first-order valence-electron chi connectivity index (χ1n) is 5.53. The monoisotopic (exact) mass is 287 g/mol. The molecule has 0 saturated carbocycles.